The quantitative estimate of drug-likeness (QED) is 0.00861. The fraction of sp³-hybridized carbons (Fsp3) is 0.432. The molecule has 0 aliphatic carbocycles. The molecule has 0 bridgehead atoms. The van der Waals surface area contributed by atoms with Crippen molar-refractivity contribution < 1.29 is 154 Å². The normalized spacial score (nSPS) is 14.6. The van der Waals surface area contributed by atoms with Gasteiger partial charge < -0.3 is 85.3 Å². The Kier molecular flexibility index (Phi) is 28.2. The molecule has 9 aromatic rings. The monoisotopic (exact) mass is 1730 g/mol. The van der Waals surface area contributed by atoms with Crippen LogP contribution in [0.1, 0.15) is 124 Å². The van der Waals surface area contributed by atoms with E-state index in [4.69, 9.17) is 80.5 Å². The number of halogens is 9. The highest BCUT2D eigenvalue weighted by Gasteiger charge is 2.61. The number of imide groups is 2. The van der Waals surface area contributed by atoms with Gasteiger partial charge in [0, 0.05) is 154 Å². The second-order valence-corrected chi connectivity index (χ2v) is 29.7. The zero-order valence-corrected chi connectivity index (χ0v) is 70.3. The number of aryl methyl sites for hydroxylation is 4. The lowest BCUT2D eigenvalue weighted by molar-refractivity contribution is -0.355. The molecule has 35 heteroatoms. The van der Waals surface area contributed by atoms with Crippen molar-refractivity contribution in [3.8, 4) is 46.0 Å². The number of methoxy groups -OCH3 is 12. The van der Waals surface area contributed by atoms with E-state index >= 15 is 19.2 Å². The Bertz CT molecular complexity index is 5020. The van der Waals surface area contributed by atoms with Crippen LogP contribution in [0.5, 0.6) is 46.0 Å². The fourth-order valence-corrected chi connectivity index (χ4v) is 15.4. The number of ether oxygens (including phenoxy) is 18. The first-order valence-electron chi connectivity index (χ1n) is 38.6. The van der Waals surface area contributed by atoms with Crippen LogP contribution in [0.25, 0.3) is 43.1 Å². The van der Waals surface area contributed by atoms with Gasteiger partial charge in [0.05, 0.1) is 22.3 Å². The molecule has 123 heavy (non-hydrogen) atoms. The summed E-state index contributed by atoms with van der Waals surface area (Å²) in [5.74, 6) is -19.6. The summed E-state index contributed by atoms with van der Waals surface area (Å²) in [5.41, 5.74) is 0.569. The molecule has 11 rings (SSSR count). The van der Waals surface area contributed by atoms with E-state index in [2.05, 4.69) is 4.74 Å². The van der Waals surface area contributed by atoms with Crippen LogP contribution in [-0.4, -0.2) is 197 Å². The van der Waals surface area contributed by atoms with Crippen LogP contribution < -0.4 is 18.9 Å². The topological polar surface area (TPSA) is 275 Å². The molecule has 0 saturated carbocycles. The Morgan fingerprint density at radius 1 is 0.301 bits per heavy atom. The van der Waals surface area contributed by atoms with Crippen LogP contribution in [0, 0.1) is 11.8 Å². The van der Waals surface area contributed by atoms with Crippen molar-refractivity contribution in [2.24, 2.45) is 11.8 Å². The third-order valence-corrected chi connectivity index (χ3v) is 22.1. The smallest absolute Gasteiger partial charge is 0.434 e. The second-order valence-electron chi connectivity index (χ2n) is 29.7. The van der Waals surface area contributed by atoms with Gasteiger partial charge in [0.1, 0.15) is 58.1 Å². The minimum Gasteiger partial charge on any atom is -0.457 e. The molecular formula is C88H93F9N2O24. The second kappa shape index (κ2) is 37.2. The van der Waals surface area contributed by atoms with Gasteiger partial charge in [0.2, 0.25) is 0 Å². The summed E-state index contributed by atoms with van der Waals surface area (Å²) in [6.07, 6.45) is -23.6. The van der Waals surface area contributed by atoms with E-state index in [0.29, 0.717) is 34.1 Å². The van der Waals surface area contributed by atoms with E-state index in [9.17, 15) is 49.1 Å². The van der Waals surface area contributed by atoms with Gasteiger partial charge in [-0.2, -0.15) is 39.5 Å². The van der Waals surface area contributed by atoms with Gasteiger partial charge in [-0.15, -0.1) is 0 Å². The Balaban J connectivity index is 1.32. The summed E-state index contributed by atoms with van der Waals surface area (Å²) in [7, 11) is 16.6. The molecule has 2 aliphatic rings. The highest BCUT2D eigenvalue weighted by Crippen LogP contribution is 2.59. The van der Waals surface area contributed by atoms with Gasteiger partial charge in [-0.25, -0.2) is 9.59 Å². The molecule has 2 heterocycles. The number of hydrogen-bond acceptors (Lipinski definition) is 24. The molecule has 3 atom stereocenters. The molecule has 0 radical (unpaired) electrons. The molecule has 0 spiro atoms. The van der Waals surface area contributed by atoms with Gasteiger partial charge >= 0.3 is 30.5 Å². The van der Waals surface area contributed by atoms with E-state index in [1.165, 1.54) is 136 Å². The lowest BCUT2D eigenvalue weighted by Gasteiger charge is -2.37. The summed E-state index contributed by atoms with van der Waals surface area (Å²) in [5, 5.41) is -1.52. The molecule has 26 nitrogen and oxygen atoms in total. The van der Waals surface area contributed by atoms with Gasteiger partial charge in [-0.1, -0.05) is 76.2 Å². The average molecular weight is 1730 g/mol. The van der Waals surface area contributed by atoms with E-state index < -0.39 is 148 Å². The Labute approximate surface area is 700 Å². The Morgan fingerprint density at radius 3 is 0.699 bits per heavy atom. The molecule has 0 aromatic heterocycles. The molecule has 4 amide bonds. The summed E-state index contributed by atoms with van der Waals surface area (Å²) in [4.78, 5) is 95.0. The van der Waals surface area contributed by atoms with Crippen LogP contribution in [0.3, 0.4) is 0 Å². The zero-order valence-electron chi connectivity index (χ0n) is 70.3. The summed E-state index contributed by atoms with van der Waals surface area (Å²) in [6.45, 7) is 5.61. The van der Waals surface area contributed by atoms with Gasteiger partial charge in [0.25, 0.3) is 53.6 Å². The van der Waals surface area contributed by atoms with Crippen molar-refractivity contribution in [2.45, 2.75) is 153 Å². The van der Waals surface area contributed by atoms with Crippen LogP contribution >= 0.6 is 0 Å². The van der Waals surface area contributed by atoms with Crippen LogP contribution in [0.2, 0.25) is 0 Å². The number of carbonyl (C=O) groups is 6. The highest BCUT2D eigenvalue weighted by atomic mass is 19.4. The highest BCUT2D eigenvalue weighted by molar-refractivity contribution is 6.45. The summed E-state index contributed by atoms with van der Waals surface area (Å²) in [6, 6.07) is 25.5. The van der Waals surface area contributed by atoms with Gasteiger partial charge in [0.15, 0.2) is 6.10 Å². The number of nitrogens with zero attached hydrogens (tertiary/aromatic N) is 2. The maximum atomic E-state index is 16.3. The van der Waals surface area contributed by atoms with Crippen molar-refractivity contribution in [2.75, 3.05) is 85.3 Å². The molecule has 0 fully saturated rings. The van der Waals surface area contributed by atoms with E-state index in [1.807, 2.05) is 0 Å². The molecular weight excluding hydrogens is 1640 g/mol. The number of hydrogen-bond donors (Lipinski definition) is 0. The maximum absolute atomic E-state index is 16.3. The first-order valence-corrected chi connectivity index (χ1v) is 38.6. The molecule has 662 valence electrons. The van der Waals surface area contributed by atoms with E-state index in [1.54, 1.807) is 72.8 Å². The fourth-order valence-electron chi connectivity index (χ4n) is 15.4. The van der Waals surface area contributed by atoms with Gasteiger partial charge in [-0.05, 0) is 139 Å². The van der Waals surface area contributed by atoms with Crippen molar-refractivity contribution in [1.29, 1.82) is 0 Å². The van der Waals surface area contributed by atoms with Crippen molar-refractivity contribution in [1.82, 2.24) is 9.80 Å². The number of fused-ring (bicyclic) bond motifs is 2. The summed E-state index contributed by atoms with van der Waals surface area (Å²) < 4.78 is 235. The van der Waals surface area contributed by atoms with E-state index in [0.717, 1.165) is 26.0 Å². The first-order chi connectivity index (χ1) is 58.2. The van der Waals surface area contributed by atoms with Crippen LogP contribution in [0.4, 0.5) is 39.5 Å². The SMILES string of the molecule is COC(CCc1ccc(Oc2cc3c4c(cc(Oc5ccc(CCC(OC)(OC)OC)cc5)c5c6c(Oc7ccc(CCC(OC)(OC)OC)cc7)cc7c8c(cc(Oc9ccc(CCC(OC)(OC)OC)cc9)c(c2c45)c86)C(=O)N(C(C(=O)OC(C(F)(F)F)C(F)(F)F)C(C)C)C7=O)C(=O)N(C(C(=O)OC(C)C(F)(F)F)C(C)C)C3=O)cc1)(OC)OC. The number of rotatable bonds is 40. The standard InChI is InChI=1S/C88H93F9N2O24/c1-46(2)73(79(104)118-48(5)86(89,90)91)98-75(100)57-42-61(119-53-26-18-49(19-27-53)34-38-82(106-6,107-7)108-8)67-69-63(121-55-30-22-51(23-31-55)36-40-84(112-12,113-13)114-14)44-59-66-60(78(103)99(77(59)102)74(47(3)4)80(105)123-81(87(92,93)94)88(95,96)97)45-64(122-56-32-24-52(25-33-56)37-41-85(115-15,116-16)117-17)70(72(66)69)68-62(43-58(76(98)101)65(57)71(67)68)120-54-28-20-50(21-29-54)35-39-83(109-9,110-10)111-11/h18-33,42-48,73-74,81H,34-41H2,1-17H3. The number of benzene rings is 9. The molecule has 3 unspecified atom stereocenters. The average Bonchev–Trinajstić information content (AvgIpc) is 0.669. The lowest BCUT2D eigenvalue weighted by Crippen LogP contribution is -2.56. The molecule has 0 saturated heterocycles. The Morgan fingerprint density at radius 2 is 0.512 bits per heavy atom. The number of carbonyl (C=O) groups excluding carboxylic acids is 6. The molecule has 9 aromatic carbocycles. The van der Waals surface area contributed by atoms with E-state index in [-0.39, 0.29) is 134 Å². The molecule has 0 N–H and O–H groups in total. The third-order valence-electron chi connectivity index (χ3n) is 22.1. The van der Waals surface area contributed by atoms with Gasteiger partial charge in [-0.3, -0.25) is 29.0 Å². The van der Waals surface area contributed by atoms with Crippen molar-refractivity contribution in [3.63, 3.8) is 0 Å². The first kappa shape index (κ1) is 93.3. The van der Waals surface area contributed by atoms with Crippen LogP contribution in [-0.2, 0) is 102 Å². The minimum atomic E-state index is -6.28. The van der Waals surface area contributed by atoms with Crippen LogP contribution in [0.15, 0.2) is 121 Å². The zero-order chi connectivity index (χ0) is 90.0. The predicted molar refractivity (Wildman–Crippen MR) is 424 cm³/mol. The Hall–Kier alpha value is -10.4. The molecule has 2 aliphatic heterocycles. The number of alkyl halides is 9. The van der Waals surface area contributed by atoms with Crippen molar-refractivity contribution >= 4 is 78.7 Å². The number of amides is 4. The third kappa shape index (κ3) is 18.7. The van der Waals surface area contributed by atoms with Crippen molar-refractivity contribution in [3.05, 3.63) is 166 Å². The number of esters is 2. The maximum Gasteiger partial charge on any atom is 0.434 e. The lowest BCUT2D eigenvalue weighted by atomic mass is 9.80. The predicted octanol–water partition coefficient (Wildman–Crippen LogP) is 17.8. The summed E-state index contributed by atoms with van der Waals surface area (Å²) >= 11 is 0. The largest absolute Gasteiger partial charge is 0.457 e. The minimum absolute atomic E-state index is 0.00810.